The molecule has 3 rings (SSSR count). The molecule has 1 fully saturated rings. The van der Waals surface area contributed by atoms with E-state index in [-0.39, 0.29) is 0 Å². The molecule has 0 amide bonds. The smallest absolute Gasteiger partial charge is 0.163 e. The van der Waals surface area contributed by atoms with Crippen molar-refractivity contribution in [3.8, 4) is 5.75 Å². The quantitative estimate of drug-likeness (QED) is 0.785. The maximum atomic E-state index is 5.92. The van der Waals surface area contributed by atoms with Crippen LogP contribution in [0.15, 0.2) is 42.6 Å². The summed E-state index contributed by atoms with van der Waals surface area (Å²) in [5, 5.41) is 0. The molecule has 4 heteroatoms. The van der Waals surface area contributed by atoms with Crippen LogP contribution in [-0.2, 0) is 6.54 Å². The highest BCUT2D eigenvalue weighted by atomic mass is 16.5. The molecule has 1 aliphatic heterocycles. The highest BCUT2D eigenvalue weighted by Crippen LogP contribution is 2.20. The maximum absolute atomic E-state index is 5.92. The van der Waals surface area contributed by atoms with Crippen LogP contribution in [-0.4, -0.2) is 36.9 Å². The summed E-state index contributed by atoms with van der Waals surface area (Å²) in [6, 6.07) is 13.0. The molecule has 1 saturated heterocycles. The van der Waals surface area contributed by atoms with Gasteiger partial charge in [0.25, 0.3) is 0 Å². The Balaban J connectivity index is 1.46. The highest BCUT2D eigenvalue weighted by molar-refractivity contribution is 6.30. The number of rotatable bonds is 5. The number of aromatic nitrogens is 1. The Morgan fingerprint density at radius 2 is 1.91 bits per heavy atom. The van der Waals surface area contributed by atoms with E-state index in [1.165, 1.54) is 11.1 Å². The van der Waals surface area contributed by atoms with Gasteiger partial charge in [-0.3, -0.25) is 9.88 Å². The molecule has 0 unspecified atom stereocenters. The highest BCUT2D eigenvalue weighted by Gasteiger charge is 2.28. The van der Waals surface area contributed by atoms with E-state index in [2.05, 4.69) is 48.0 Å². The molecule has 0 saturated carbocycles. The van der Waals surface area contributed by atoms with Crippen LogP contribution in [0, 0.1) is 0 Å². The Bertz CT molecular complexity index is 604. The third kappa shape index (κ3) is 3.69. The van der Waals surface area contributed by atoms with Gasteiger partial charge < -0.3 is 4.74 Å². The Hall–Kier alpha value is -1.81. The van der Waals surface area contributed by atoms with Gasteiger partial charge >= 0.3 is 0 Å². The first-order valence-electron chi connectivity index (χ1n) is 8.00. The Morgan fingerprint density at radius 1 is 1.18 bits per heavy atom. The second-order valence-corrected chi connectivity index (χ2v) is 6.47. The minimum atomic E-state index is 0.291. The van der Waals surface area contributed by atoms with Crippen LogP contribution in [0.4, 0.5) is 0 Å². The lowest BCUT2D eigenvalue weighted by Crippen LogP contribution is -2.53. The van der Waals surface area contributed by atoms with Gasteiger partial charge in [0, 0.05) is 19.6 Å². The van der Waals surface area contributed by atoms with Crippen molar-refractivity contribution in [3.05, 3.63) is 53.7 Å². The standard InChI is InChI=1S/C18H23BN2O/c1-13(2)15-5-3-14(4-6-15)10-21-11-17(12-21)22-16-7-8-18(19)20-9-16/h3-9,13,17H,10-12,19H2,1-2H3. The molecule has 22 heavy (non-hydrogen) atoms. The zero-order valence-corrected chi connectivity index (χ0v) is 13.6. The zero-order chi connectivity index (χ0) is 15.5. The maximum Gasteiger partial charge on any atom is 0.163 e. The summed E-state index contributed by atoms with van der Waals surface area (Å²) in [7, 11) is 1.99. The van der Waals surface area contributed by atoms with Gasteiger partial charge in [0.15, 0.2) is 7.85 Å². The molecule has 1 aromatic heterocycles. The van der Waals surface area contributed by atoms with Gasteiger partial charge in [-0.2, -0.15) is 0 Å². The molecule has 0 aliphatic carbocycles. The van der Waals surface area contributed by atoms with Crippen molar-refractivity contribution in [2.24, 2.45) is 0 Å². The van der Waals surface area contributed by atoms with Gasteiger partial charge in [-0.05, 0) is 34.8 Å². The predicted molar refractivity (Wildman–Crippen MR) is 92.6 cm³/mol. The second kappa shape index (κ2) is 6.53. The molecule has 0 bridgehead atoms. The first kappa shape index (κ1) is 15.1. The van der Waals surface area contributed by atoms with Crippen molar-refractivity contribution < 1.29 is 4.74 Å². The van der Waals surface area contributed by atoms with Crippen molar-refractivity contribution in [2.45, 2.75) is 32.4 Å². The van der Waals surface area contributed by atoms with Crippen molar-refractivity contribution >= 4 is 13.4 Å². The van der Waals surface area contributed by atoms with Crippen molar-refractivity contribution in [1.29, 1.82) is 0 Å². The fourth-order valence-electron chi connectivity index (χ4n) is 2.71. The van der Waals surface area contributed by atoms with Crippen LogP contribution < -0.4 is 10.3 Å². The van der Waals surface area contributed by atoms with E-state index in [1.54, 1.807) is 0 Å². The molecule has 2 aromatic rings. The normalized spacial score (nSPS) is 15.8. The van der Waals surface area contributed by atoms with Gasteiger partial charge in [0.2, 0.25) is 0 Å². The summed E-state index contributed by atoms with van der Waals surface area (Å²) in [4.78, 5) is 6.67. The average Bonchev–Trinajstić information content (AvgIpc) is 2.47. The zero-order valence-electron chi connectivity index (χ0n) is 13.6. The van der Waals surface area contributed by atoms with Gasteiger partial charge in [0.1, 0.15) is 11.9 Å². The van der Waals surface area contributed by atoms with E-state index in [0.29, 0.717) is 12.0 Å². The number of ether oxygens (including phenoxy) is 1. The lowest BCUT2D eigenvalue weighted by Gasteiger charge is -2.39. The van der Waals surface area contributed by atoms with E-state index in [0.717, 1.165) is 31.0 Å². The average molecular weight is 294 g/mol. The largest absolute Gasteiger partial charge is 0.486 e. The van der Waals surface area contributed by atoms with E-state index in [1.807, 2.05) is 26.2 Å². The van der Waals surface area contributed by atoms with Crippen LogP contribution in [0.1, 0.15) is 30.9 Å². The molecule has 3 nitrogen and oxygen atoms in total. The third-order valence-electron chi connectivity index (χ3n) is 4.16. The lowest BCUT2D eigenvalue weighted by molar-refractivity contribution is 0.0144. The fraction of sp³-hybridized carbons (Fsp3) is 0.389. The topological polar surface area (TPSA) is 25.4 Å². The van der Waals surface area contributed by atoms with Gasteiger partial charge in [0.05, 0.1) is 6.20 Å². The Kier molecular flexibility index (Phi) is 4.48. The molecule has 0 spiro atoms. The second-order valence-electron chi connectivity index (χ2n) is 6.47. The van der Waals surface area contributed by atoms with Gasteiger partial charge in [-0.25, -0.2) is 0 Å². The van der Waals surface area contributed by atoms with Crippen molar-refractivity contribution in [1.82, 2.24) is 9.88 Å². The summed E-state index contributed by atoms with van der Waals surface area (Å²) < 4.78 is 5.92. The molecule has 0 atom stereocenters. The molecular weight excluding hydrogens is 271 g/mol. The minimum Gasteiger partial charge on any atom is -0.486 e. The molecule has 0 N–H and O–H groups in total. The number of hydrogen-bond donors (Lipinski definition) is 0. The first-order valence-corrected chi connectivity index (χ1v) is 8.00. The summed E-state index contributed by atoms with van der Waals surface area (Å²) >= 11 is 0. The van der Waals surface area contributed by atoms with E-state index < -0.39 is 0 Å². The number of nitrogens with zero attached hydrogens (tertiary/aromatic N) is 2. The van der Waals surface area contributed by atoms with Crippen LogP contribution in [0.25, 0.3) is 0 Å². The molecular formula is C18H23BN2O. The summed E-state index contributed by atoms with van der Waals surface area (Å²) in [5.41, 5.74) is 3.80. The molecule has 1 aliphatic rings. The summed E-state index contributed by atoms with van der Waals surface area (Å²) in [6.45, 7) is 7.43. The summed E-state index contributed by atoms with van der Waals surface area (Å²) in [6.07, 6.45) is 2.10. The number of benzene rings is 1. The number of hydrogen-bond acceptors (Lipinski definition) is 3. The molecule has 2 heterocycles. The first-order chi connectivity index (χ1) is 10.6. The third-order valence-corrected chi connectivity index (χ3v) is 4.16. The number of pyridine rings is 1. The van der Waals surface area contributed by atoms with Gasteiger partial charge in [-0.1, -0.05) is 38.1 Å². The lowest BCUT2D eigenvalue weighted by atomic mass is 10.0. The summed E-state index contributed by atoms with van der Waals surface area (Å²) in [5.74, 6) is 1.47. The van der Waals surface area contributed by atoms with Crippen molar-refractivity contribution in [2.75, 3.05) is 13.1 Å². The van der Waals surface area contributed by atoms with Gasteiger partial charge in [-0.15, -0.1) is 0 Å². The molecule has 114 valence electrons. The van der Waals surface area contributed by atoms with Crippen LogP contribution >= 0.6 is 0 Å². The van der Waals surface area contributed by atoms with Crippen LogP contribution in [0.2, 0.25) is 0 Å². The predicted octanol–water partition coefficient (Wildman–Crippen LogP) is 1.73. The van der Waals surface area contributed by atoms with E-state index in [9.17, 15) is 0 Å². The fourth-order valence-corrected chi connectivity index (χ4v) is 2.71. The SMILES string of the molecule is Bc1ccc(OC2CN(Cc3ccc(C(C)C)cc3)C2)cn1. The Morgan fingerprint density at radius 3 is 2.50 bits per heavy atom. The minimum absolute atomic E-state index is 0.291. The molecule has 1 aromatic carbocycles. The monoisotopic (exact) mass is 294 g/mol. The Labute approximate surface area is 133 Å². The van der Waals surface area contributed by atoms with Crippen LogP contribution in [0.5, 0.6) is 5.75 Å². The molecule has 0 radical (unpaired) electrons. The van der Waals surface area contributed by atoms with E-state index >= 15 is 0 Å². The van der Waals surface area contributed by atoms with Crippen LogP contribution in [0.3, 0.4) is 0 Å². The van der Waals surface area contributed by atoms with Crippen molar-refractivity contribution in [3.63, 3.8) is 0 Å². The number of likely N-dealkylation sites (tertiary alicyclic amines) is 1. The van der Waals surface area contributed by atoms with E-state index in [4.69, 9.17) is 4.74 Å².